The molecule has 6 heteroatoms. The highest BCUT2D eigenvalue weighted by Crippen LogP contribution is 2.14. The van der Waals surface area contributed by atoms with Gasteiger partial charge in [0.2, 0.25) is 0 Å². The van der Waals surface area contributed by atoms with Crippen LogP contribution in [0.4, 0.5) is 5.69 Å². The minimum absolute atomic E-state index is 0.0851. The minimum atomic E-state index is -3.18. The van der Waals surface area contributed by atoms with E-state index in [0.29, 0.717) is 6.61 Å². The lowest BCUT2D eigenvalue weighted by molar-refractivity contribution is 0.198. The van der Waals surface area contributed by atoms with Gasteiger partial charge in [-0.15, -0.1) is 0 Å². The van der Waals surface area contributed by atoms with E-state index in [1.54, 1.807) is 26.3 Å². The van der Waals surface area contributed by atoms with Crippen molar-refractivity contribution in [3.8, 4) is 0 Å². The predicted octanol–water partition coefficient (Wildman–Crippen LogP) is 1.32. The van der Waals surface area contributed by atoms with E-state index in [0.717, 1.165) is 18.7 Å². The second-order valence-electron chi connectivity index (χ2n) is 3.59. The lowest BCUT2D eigenvalue weighted by Crippen LogP contribution is -2.08. The third-order valence-corrected chi connectivity index (χ3v) is 4.01. The van der Waals surface area contributed by atoms with Gasteiger partial charge in [-0.05, 0) is 12.5 Å². The van der Waals surface area contributed by atoms with E-state index in [9.17, 15) is 8.42 Å². The van der Waals surface area contributed by atoms with Gasteiger partial charge in [-0.1, -0.05) is 6.92 Å². The zero-order valence-electron chi connectivity index (χ0n) is 10.1. The number of pyridine rings is 1. The van der Waals surface area contributed by atoms with Crippen LogP contribution in [-0.4, -0.2) is 39.4 Å². The van der Waals surface area contributed by atoms with Crippen LogP contribution in [0.1, 0.15) is 13.3 Å². The number of rotatable bonds is 7. The van der Waals surface area contributed by atoms with Crippen LogP contribution < -0.4 is 5.32 Å². The Morgan fingerprint density at radius 1 is 1.41 bits per heavy atom. The molecule has 0 aliphatic rings. The molecule has 0 aliphatic carbocycles. The monoisotopic (exact) mass is 258 g/mol. The Bertz CT molecular complexity index is 446. The summed E-state index contributed by atoms with van der Waals surface area (Å²) in [5.74, 6) is 0.0851. The molecule has 0 aliphatic heterocycles. The van der Waals surface area contributed by atoms with E-state index in [2.05, 4.69) is 10.3 Å². The fraction of sp³-hybridized carbons (Fsp3) is 0.545. The number of nitrogens with zero attached hydrogens (tertiary/aromatic N) is 1. The summed E-state index contributed by atoms with van der Waals surface area (Å²) in [4.78, 5) is 4.19. The first-order valence-corrected chi connectivity index (χ1v) is 7.16. The van der Waals surface area contributed by atoms with Crippen LogP contribution in [0.5, 0.6) is 0 Å². The van der Waals surface area contributed by atoms with Crippen LogP contribution >= 0.6 is 0 Å². The number of anilines is 1. The molecule has 1 aromatic heterocycles. The largest absolute Gasteiger partial charge is 0.385 e. The van der Waals surface area contributed by atoms with Gasteiger partial charge in [0.15, 0.2) is 9.84 Å². The first-order valence-electron chi connectivity index (χ1n) is 5.50. The summed E-state index contributed by atoms with van der Waals surface area (Å²) in [5, 5.41) is 3.11. The van der Waals surface area contributed by atoms with Gasteiger partial charge >= 0.3 is 0 Å². The van der Waals surface area contributed by atoms with Crippen molar-refractivity contribution < 1.29 is 13.2 Å². The van der Waals surface area contributed by atoms with Gasteiger partial charge in [-0.2, -0.15) is 0 Å². The number of methoxy groups -OCH3 is 1. The Morgan fingerprint density at radius 3 is 2.82 bits per heavy atom. The van der Waals surface area contributed by atoms with Crippen LogP contribution in [0, 0.1) is 0 Å². The number of ether oxygens (including phenoxy) is 1. The van der Waals surface area contributed by atoms with Gasteiger partial charge in [0.05, 0.1) is 22.5 Å². The lowest BCUT2D eigenvalue weighted by Gasteiger charge is -2.07. The Morgan fingerprint density at radius 2 is 2.18 bits per heavy atom. The predicted molar refractivity (Wildman–Crippen MR) is 66.9 cm³/mol. The Balaban J connectivity index is 2.67. The topological polar surface area (TPSA) is 68.3 Å². The van der Waals surface area contributed by atoms with Crippen molar-refractivity contribution in [1.82, 2.24) is 4.98 Å². The maximum Gasteiger partial charge on any atom is 0.179 e. The molecular weight excluding hydrogens is 240 g/mol. The zero-order valence-corrected chi connectivity index (χ0v) is 11.0. The molecule has 1 N–H and O–H groups in total. The molecule has 1 rings (SSSR count). The van der Waals surface area contributed by atoms with Crippen molar-refractivity contribution >= 4 is 15.5 Å². The van der Waals surface area contributed by atoms with Crippen LogP contribution in [0.25, 0.3) is 0 Å². The number of sulfone groups is 1. The van der Waals surface area contributed by atoms with Crippen molar-refractivity contribution in [1.29, 1.82) is 0 Å². The van der Waals surface area contributed by atoms with E-state index < -0.39 is 9.84 Å². The van der Waals surface area contributed by atoms with E-state index in [1.807, 2.05) is 0 Å². The number of hydrogen-bond acceptors (Lipinski definition) is 5. The van der Waals surface area contributed by atoms with Gasteiger partial charge in [0.25, 0.3) is 0 Å². The molecule has 0 saturated carbocycles. The van der Waals surface area contributed by atoms with E-state index in [1.165, 1.54) is 6.20 Å². The molecule has 1 heterocycles. The normalized spacial score (nSPS) is 11.4. The molecule has 0 aromatic carbocycles. The van der Waals surface area contributed by atoms with Crippen molar-refractivity contribution in [2.45, 2.75) is 18.2 Å². The Kier molecular flexibility index (Phi) is 5.37. The van der Waals surface area contributed by atoms with Crippen LogP contribution in [0.15, 0.2) is 23.4 Å². The lowest BCUT2D eigenvalue weighted by atomic mass is 10.4. The fourth-order valence-electron chi connectivity index (χ4n) is 1.30. The smallest absolute Gasteiger partial charge is 0.179 e. The van der Waals surface area contributed by atoms with Crippen molar-refractivity contribution in [2.24, 2.45) is 0 Å². The molecule has 0 saturated heterocycles. The summed E-state index contributed by atoms with van der Waals surface area (Å²) >= 11 is 0. The summed E-state index contributed by atoms with van der Waals surface area (Å²) in [7, 11) is -1.53. The summed E-state index contributed by atoms with van der Waals surface area (Å²) < 4.78 is 28.2. The molecule has 0 bridgehead atoms. The first kappa shape index (κ1) is 13.9. The van der Waals surface area contributed by atoms with Crippen molar-refractivity contribution in [2.75, 3.05) is 31.3 Å². The third-order valence-electron chi connectivity index (χ3n) is 2.31. The number of aromatic nitrogens is 1. The molecule has 0 radical (unpaired) electrons. The molecule has 1 aromatic rings. The molecule has 0 fully saturated rings. The SMILES string of the molecule is CCS(=O)(=O)c1cncc(NCCCOC)c1. The molecule has 0 amide bonds. The standard InChI is InChI=1S/C11H18N2O3S/c1-3-17(14,15)11-7-10(8-12-9-11)13-5-4-6-16-2/h7-9,13H,3-6H2,1-2H3. The summed E-state index contributed by atoms with van der Waals surface area (Å²) in [6.45, 7) is 3.02. The van der Waals surface area contributed by atoms with Crippen LogP contribution in [0.2, 0.25) is 0 Å². The average Bonchev–Trinajstić information content (AvgIpc) is 2.35. The summed E-state index contributed by atoms with van der Waals surface area (Å²) in [6, 6.07) is 1.61. The second kappa shape index (κ2) is 6.56. The maximum atomic E-state index is 11.6. The first-order chi connectivity index (χ1) is 8.10. The molecule has 0 unspecified atom stereocenters. The maximum absolute atomic E-state index is 11.6. The molecule has 0 spiro atoms. The summed E-state index contributed by atoms with van der Waals surface area (Å²) in [6.07, 6.45) is 3.85. The van der Waals surface area contributed by atoms with E-state index in [-0.39, 0.29) is 10.6 Å². The van der Waals surface area contributed by atoms with Crippen LogP contribution in [0.3, 0.4) is 0 Å². The van der Waals surface area contributed by atoms with Crippen molar-refractivity contribution in [3.63, 3.8) is 0 Å². The van der Waals surface area contributed by atoms with E-state index >= 15 is 0 Å². The van der Waals surface area contributed by atoms with Crippen LogP contribution in [-0.2, 0) is 14.6 Å². The van der Waals surface area contributed by atoms with Gasteiger partial charge in [0, 0.05) is 26.5 Å². The minimum Gasteiger partial charge on any atom is -0.385 e. The van der Waals surface area contributed by atoms with Gasteiger partial charge in [-0.25, -0.2) is 8.42 Å². The highest BCUT2D eigenvalue weighted by atomic mass is 32.2. The van der Waals surface area contributed by atoms with E-state index in [4.69, 9.17) is 4.74 Å². The van der Waals surface area contributed by atoms with Gasteiger partial charge in [0.1, 0.15) is 0 Å². The Hall–Kier alpha value is -1.14. The molecular formula is C11H18N2O3S. The second-order valence-corrected chi connectivity index (χ2v) is 5.86. The molecule has 5 nitrogen and oxygen atoms in total. The molecule has 96 valence electrons. The zero-order chi connectivity index (χ0) is 12.7. The third kappa shape index (κ3) is 4.32. The number of hydrogen-bond donors (Lipinski definition) is 1. The quantitative estimate of drug-likeness (QED) is 0.747. The summed E-state index contributed by atoms with van der Waals surface area (Å²) in [5.41, 5.74) is 0.718. The highest BCUT2D eigenvalue weighted by molar-refractivity contribution is 7.91. The Labute approximate surface area is 102 Å². The molecule has 0 atom stereocenters. The number of nitrogens with one attached hydrogen (secondary N) is 1. The molecule has 17 heavy (non-hydrogen) atoms. The van der Waals surface area contributed by atoms with Gasteiger partial charge < -0.3 is 10.1 Å². The highest BCUT2D eigenvalue weighted by Gasteiger charge is 2.12. The average molecular weight is 258 g/mol. The van der Waals surface area contributed by atoms with Crippen molar-refractivity contribution in [3.05, 3.63) is 18.5 Å². The van der Waals surface area contributed by atoms with Gasteiger partial charge in [-0.3, -0.25) is 4.98 Å². The fourth-order valence-corrected chi connectivity index (χ4v) is 2.16.